The van der Waals surface area contributed by atoms with Crippen LogP contribution in [0.1, 0.15) is 20.8 Å². The van der Waals surface area contributed by atoms with E-state index in [0.29, 0.717) is 0 Å². The Kier molecular flexibility index (Phi) is 4.07. The first-order valence-corrected chi connectivity index (χ1v) is 3.48. The number of nitrogens with one attached hydrogen (secondary N) is 1. The number of carboxylic acid groups (broad SMARTS) is 1. The number of carbonyl (C=O) groups is 1. The summed E-state index contributed by atoms with van der Waals surface area (Å²) in [7, 11) is 0. The van der Waals surface area contributed by atoms with Crippen molar-refractivity contribution in [1.82, 2.24) is 5.32 Å². The summed E-state index contributed by atoms with van der Waals surface area (Å²) in [5.74, 6) is -0.873. The van der Waals surface area contributed by atoms with Gasteiger partial charge in [-0.3, -0.25) is 10.1 Å². The van der Waals surface area contributed by atoms with Crippen molar-refractivity contribution in [3.05, 3.63) is 0 Å². The molecule has 2 N–H and O–H groups in total. The highest BCUT2D eigenvalue weighted by molar-refractivity contribution is 5.68. The molecule has 66 valence electrons. The van der Waals surface area contributed by atoms with Crippen molar-refractivity contribution in [1.29, 1.82) is 0 Å². The van der Waals surface area contributed by atoms with Crippen LogP contribution >= 0.6 is 0 Å². The second kappa shape index (κ2) is 4.31. The predicted molar refractivity (Wildman–Crippen MR) is 41.3 cm³/mol. The van der Waals surface area contributed by atoms with E-state index < -0.39 is 5.97 Å². The molecule has 0 spiro atoms. The maximum atomic E-state index is 10.0. The van der Waals surface area contributed by atoms with E-state index in [0.717, 1.165) is 0 Å². The van der Waals surface area contributed by atoms with Crippen molar-refractivity contribution in [2.75, 3.05) is 13.3 Å². The minimum absolute atomic E-state index is 0.0594. The van der Waals surface area contributed by atoms with E-state index in [9.17, 15) is 4.79 Å². The van der Waals surface area contributed by atoms with Crippen LogP contribution in [-0.2, 0) is 9.53 Å². The molecule has 4 nitrogen and oxygen atoms in total. The second-order valence-corrected chi connectivity index (χ2v) is 3.22. The van der Waals surface area contributed by atoms with Gasteiger partial charge in [-0.25, -0.2) is 0 Å². The molecule has 0 heterocycles. The Morgan fingerprint density at radius 3 is 2.45 bits per heavy atom. The van der Waals surface area contributed by atoms with Crippen molar-refractivity contribution in [2.45, 2.75) is 26.4 Å². The monoisotopic (exact) mass is 161 g/mol. The second-order valence-electron chi connectivity index (χ2n) is 3.22. The summed E-state index contributed by atoms with van der Waals surface area (Å²) in [6.45, 7) is 5.95. The lowest BCUT2D eigenvalue weighted by molar-refractivity contribution is -0.136. The molecule has 0 aliphatic carbocycles. The first-order chi connectivity index (χ1) is 4.92. The average Bonchev–Trinajstić information content (AvgIpc) is 1.78. The third kappa shape index (κ3) is 9.39. The maximum Gasteiger partial charge on any atom is 0.317 e. The lowest BCUT2D eigenvalue weighted by Gasteiger charge is -2.19. The quantitative estimate of drug-likeness (QED) is 0.464. The van der Waals surface area contributed by atoms with Gasteiger partial charge in [-0.1, -0.05) is 0 Å². The minimum Gasteiger partial charge on any atom is -0.480 e. The van der Waals surface area contributed by atoms with Crippen LogP contribution in [-0.4, -0.2) is 30.0 Å². The van der Waals surface area contributed by atoms with Gasteiger partial charge in [-0.05, 0) is 20.8 Å². The first-order valence-electron chi connectivity index (χ1n) is 3.48. The molecular formula is C7H15NO3. The van der Waals surface area contributed by atoms with E-state index >= 15 is 0 Å². The molecule has 0 rings (SSSR count). The summed E-state index contributed by atoms with van der Waals surface area (Å²) in [5.41, 5.74) is -0.217. The molecule has 11 heavy (non-hydrogen) atoms. The molecule has 0 saturated carbocycles. The van der Waals surface area contributed by atoms with Crippen LogP contribution in [0.15, 0.2) is 0 Å². The molecule has 0 saturated heterocycles. The van der Waals surface area contributed by atoms with Crippen LogP contribution in [0, 0.1) is 0 Å². The number of aliphatic carboxylic acids is 1. The summed E-state index contributed by atoms with van der Waals surface area (Å²) < 4.78 is 5.21. The molecule has 0 aromatic rings. The fourth-order valence-electron chi connectivity index (χ4n) is 0.426. The summed E-state index contributed by atoms with van der Waals surface area (Å²) in [5, 5.41) is 10.8. The number of hydrogen-bond acceptors (Lipinski definition) is 3. The fourth-order valence-corrected chi connectivity index (χ4v) is 0.426. The molecule has 0 aliphatic rings. The SMILES string of the molecule is CC(C)(C)OCNCC(=O)O. The smallest absolute Gasteiger partial charge is 0.317 e. The number of carboxylic acids is 1. The maximum absolute atomic E-state index is 10.0. The Bertz CT molecular complexity index is 128. The zero-order chi connectivity index (χ0) is 8.91. The summed E-state index contributed by atoms with van der Waals surface area (Å²) in [6, 6.07) is 0. The molecule has 0 atom stereocenters. The Hall–Kier alpha value is -0.610. The number of hydrogen-bond donors (Lipinski definition) is 2. The van der Waals surface area contributed by atoms with Crippen LogP contribution < -0.4 is 5.32 Å². The normalized spacial score (nSPS) is 11.5. The van der Waals surface area contributed by atoms with E-state index in [-0.39, 0.29) is 18.9 Å². The van der Waals surface area contributed by atoms with Gasteiger partial charge in [0.1, 0.15) is 0 Å². The van der Waals surface area contributed by atoms with Crippen molar-refractivity contribution in [2.24, 2.45) is 0 Å². The third-order valence-corrected chi connectivity index (χ3v) is 0.883. The van der Waals surface area contributed by atoms with E-state index in [2.05, 4.69) is 5.32 Å². The Morgan fingerprint density at radius 2 is 2.09 bits per heavy atom. The number of ether oxygens (including phenoxy) is 1. The molecule has 0 unspecified atom stereocenters. The summed E-state index contributed by atoms with van der Waals surface area (Å²) >= 11 is 0. The topological polar surface area (TPSA) is 58.6 Å². The van der Waals surface area contributed by atoms with Gasteiger partial charge < -0.3 is 9.84 Å². The average molecular weight is 161 g/mol. The molecular weight excluding hydrogens is 146 g/mol. The summed E-state index contributed by atoms with van der Waals surface area (Å²) in [6.07, 6.45) is 0. The molecule has 0 radical (unpaired) electrons. The van der Waals surface area contributed by atoms with Gasteiger partial charge in [0.2, 0.25) is 0 Å². The van der Waals surface area contributed by atoms with E-state index in [1.807, 2.05) is 20.8 Å². The first kappa shape index (κ1) is 10.4. The molecule has 0 aromatic heterocycles. The van der Waals surface area contributed by atoms with Crippen molar-refractivity contribution in [3.8, 4) is 0 Å². The molecule has 0 aromatic carbocycles. The Balaban J connectivity index is 3.22. The van der Waals surface area contributed by atoms with Crippen molar-refractivity contribution < 1.29 is 14.6 Å². The number of rotatable bonds is 4. The van der Waals surface area contributed by atoms with Crippen LogP contribution in [0.25, 0.3) is 0 Å². The standard InChI is InChI=1S/C7H15NO3/c1-7(2,3)11-5-8-4-6(9)10/h8H,4-5H2,1-3H3,(H,9,10). The molecule has 0 amide bonds. The van der Waals surface area contributed by atoms with Crippen LogP contribution in [0.2, 0.25) is 0 Å². The third-order valence-electron chi connectivity index (χ3n) is 0.883. The lowest BCUT2D eigenvalue weighted by Crippen LogP contribution is -2.30. The van der Waals surface area contributed by atoms with Crippen molar-refractivity contribution >= 4 is 5.97 Å². The van der Waals surface area contributed by atoms with Crippen LogP contribution in [0.3, 0.4) is 0 Å². The highest BCUT2D eigenvalue weighted by Gasteiger charge is 2.08. The van der Waals surface area contributed by atoms with Gasteiger partial charge in [0.05, 0.1) is 18.9 Å². The fraction of sp³-hybridized carbons (Fsp3) is 0.857. The summed E-state index contributed by atoms with van der Waals surface area (Å²) in [4.78, 5) is 10.0. The van der Waals surface area contributed by atoms with E-state index in [1.165, 1.54) is 0 Å². The zero-order valence-electron chi connectivity index (χ0n) is 7.18. The Morgan fingerprint density at radius 1 is 1.55 bits per heavy atom. The molecule has 0 bridgehead atoms. The van der Waals surface area contributed by atoms with Crippen molar-refractivity contribution in [3.63, 3.8) is 0 Å². The van der Waals surface area contributed by atoms with Crippen LogP contribution in [0.5, 0.6) is 0 Å². The van der Waals surface area contributed by atoms with Gasteiger partial charge in [0, 0.05) is 0 Å². The van der Waals surface area contributed by atoms with E-state index in [4.69, 9.17) is 9.84 Å². The molecule has 0 aliphatic heterocycles. The highest BCUT2D eigenvalue weighted by Crippen LogP contribution is 2.04. The Labute approximate surface area is 66.5 Å². The van der Waals surface area contributed by atoms with E-state index in [1.54, 1.807) is 0 Å². The predicted octanol–water partition coefficient (Wildman–Crippen LogP) is 0.433. The van der Waals surface area contributed by atoms with Gasteiger partial charge in [-0.2, -0.15) is 0 Å². The zero-order valence-corrected chi connectivity index (χ0v) is 7.18. The molecule has 4 heteroatoms. The minimum atomic E-state index is -0.873. The van der Waals surface area contributed by atoms with Crippen LogP contribution in [0.4, 0.5) is 0 Å². The highest BCUT2D eigenvalue weighted by atomic mass is 16.5. The van der Waals surface area contributed by atoms with Gasteiger partial charge >= 0.3 is 5.97 Å². The molecule has 0 fully saturated rings. The van der Waals surface area contributed by atoms with Gasteiger partial charge in [-0.15, -0.1) is 0 Å². The largest absolute Gasteiger partial charge is 0.480 e. The van der Waals surface area contributed by atoms with Gasteiger partial charge in [0.25, 0.3) is 0 Å². The van der Waals surface area contributed by atoms with Gasteiger partial charge in [0.15, 0.2) is 0 Å². The lowest BCUT2D eigenvalue weighted by atomic mass is 10.2.